The highest BCUT2D eigenvalue weighted by atomic mass is 16.4. The Morgan fingerprint density at radius 2 is 2.04 bits per heavy atom. The number of nitrogens with zero attached hydrogens (tertiary/aromatic N) is 3. The second-order valence-electron chi connectivity index (χ2n) is 5.94. The van der Waals surface area contributed by atoms with Crippen molar-refractivity contribution < 1.29 is 14.7 Å². The van der Waals surface area contributed by atoms with Crippen molar-refractivity contribution in [3.63, 3.8) is 0 Å². The molecule has 1 heterocycles. The van der Waals surface area contributed by atoms with Crippen LogP contribution in [0.1, 0.15) is 30.1 Å². The summed E-state index contributed by atoms with van der Waals surface area (Å²) in [6.07, 6.45) is 5.10. The molecule has 0 spiro atoms. The molecular formula is C17H19N3O3. The first-order valence-corrected chi connectivity index (χ1v) is 7.70. The summed E-state index contributed by atoms with van der Waals surface area (Å²) in [7, 11) is 0. The third kappa shape index (κ3) is 3.41. The quantitative estimate of drug-likeness (QED) is 0.887. The summed E-state index contributed by atoms with van der Waals surface area (Å²) in [5.41, 5.74) is 1.36. The van der Waals surface area contributed by atoms with Crippen LogP contribution in [-0.2, 0) is 4.79 Å². The maximum Gasteiger partial charge on any atom is 0.308 e. The fraction of sp³-hybridized carbons (Fsp3) is 0.353. The molecule has 1 amide bonds. The van der Waals surface area contributed by atoms with Crippen molar-refractivity contribution in [3.8, 4) is 5.69 Å². The fourth-order valence-corrected chi connectivity index (χ4v) is 2.48. The zero-order valence-corrected chi connectivity index (χ0v) is 12.9. The van der Waals surface area contributed by atoms with E-state index in [0.29, 0.717) is 5.56 Å². The maximum absolute atomic E-state index is 12.7. The number of para-hydroxylation sites is 1. The lowest BCUT2D eigenvalue weighted by atomic mass is 10.1. The van der Waals surface area contributed by atoms with Gasteiger partial charge in [-0.05, 0) is 25.0 Å². The van der Waals surface area contributed by atoms with Gasteiger partial charge in [-0.1, -0.05) is 25.1 Å². The minimum atomic E-state index is -0.886. The molecule has 1 fully saturated rings. The van der Waals surface area contributed by atoms with Crippen LogP contribution in [0.5, 0.6) is 0 Å². The molecule has 1 unspecified atom stereocenters. The van der Waals surface area contributed by atoms with E-state index < -0.39 is 11.9 Å². The summed E-state index contributed by atoms with van der Waals surface area (Å²) in [5.74, 6) is -1.62. The molecular weight excluding hydrogens is 294 g/mol. The van der Waals surface area contributed by atoms with Gasteiger partial charge in [-0.2, -0.15) is 5.10 Å². The first kappa shape index (κ1) is 15.3. The Morgan fingerprint density at radius 3 is 2.65 bits per heavy atom. The zero-order chi connectivity index (χ0) is 16.4. The van der Waals surface area contributed by atoms with Gasteiger partial charge in [0.05, 0.1) is 23.4 Å². The zero-order valence-electron chi connectivity index (χ0n) is 12.9. The third-order valence-corrected chi connectivity index (χ3v) is 3.99. The molecule has 3 rings (SSSR count). The van der Waals surface area contributed by atoms with Crippen LogP contribution in [0.25, 0.3) is 5.69 Å². The second kappa shape index (κ2) is 6.24. The van der Waals surface area contributed by atoms with E-state index in [1.54, 1.807) is 22.7 Å². The number of aliphatic carboxylic acids is 1. The average molecular weight is 313 g/mol. The number of rotatable bonds is 6. The van der Waals surface area contributed by atoms with E-state index in [2.05, 4.69) is 5.10 Å². The monoisotopic (exact) mass is 313 g/mol. The summed E-state index contributed by atoms with van der Waals surface area (Å²) in [5, 5.41) is 13.3. The van der Waals surface area contributed by atoms with Gasteiger partial charge in [0.2, 0.25) is 0 Å². The second-order valence-corrected chi connectivity index (χ2v) is 5.94. The van der Waals surface area contributed by atoms with Crippen LogP contribution in [0.4, 0.5) is 0 Å². The first-order chi connectivity index (χ1) is 11.1. The SMILES string of the molecule is CC(CN(C(=O)c1cnn(-c2ccccc2)c1)C1CC1)C(=O)O. The molecule has 0 aliphatic heterocycles. The summed E-state index contributed by atoms with van der Waals surface area (Å²) in [6.45, 7) is 1.85. The summed E-state index contributed by atoms with van der Waals surface area (Å²) >= 11 is 0. The number of carboxylic acids is 1. The molecule has 6 heteroatoms. The molecule has 2 aromatic rings. The number of carboxylic acid groups (broad SMARTS) is 1. The van der Waals surface area contributed by atoms with Gasteiger partial charge >= 0.3 is 5.97 Å². The predicted molar refractivity (Wildman–Crippen MR) is 84.4 cm³/mol. The largest absolute Gasteiger partial charge is 0.481 e. The van der Waals surface area contributed by atoms with Crippen LogP contribution in [0.15, 0.2) is 42.7 Å². The highest BCUT2D eigenvalue weighted by molar-refractivity contribution is 5.94. The van der Waals surface area contributed by atoms with Gasteiger partial charge < -0.3 is 10.0 Å². The van der Waals surface area contributed by atoms with E-state index in [1.165, 1.54) is 6.20 Å². The standard InChI is InChI=1S/C17H19N3O3/c1-12(17(22)23)10-19(14-7-8-14)16(21)13-9-18-20(11-13)15-5-3-2-4-6-15/h2-6,9,11-12,14H,7-8,10H2,1H3,(H,22,23). The molecule has 0 saturated heterocycles. The molecule has 23 heavy (non-hydrogen) atoms. The molecule has 6 nitrogen and oxygen atoms in total. The van der Waals surface area contributed by atoms with E-state index in [9.17, 15) is 9.59 Å². The molecule has 1 aliphatic carbocycles. The van der Waals surface area contributed by atoms with Gasteiger partial charge in [-0.15, -0.1) is 0 Å². The molecule has 1 N–H and O–H groups in total. The lowest BCUT2D eigenvalue weighted by molar-refractivity contribution is -0.141. The van der Waals surface area contributed by atoms with E-state index in [-0.39, 0.29) is 18.5 Å². The number of aromatic nitrogens is 2. The molecule has 1 aromatic carbocycles. The summed E-state index contributed by atoms with van der Waals surface area (Å²) in [4.78, 5) is 25.5. The van der Waals surface area contributed by atoms with Crippen molar-refractivity contribution >= 4 is 11.9 Å². The Hall–Kier alpha value is -2.63. The van der Waals surface area contributed by atoms with E-state index >= 15 is 0 Å². The highest BCUT2D eigenvalue weighted by Crippen LogP contribution is 2.29. The lowest BCUT2D eigenvalue weighted by Crippen LogP contribution is -2.38. The van der Waals surface area contributed by atoms with Crippen molar-refractivity contribution in [1.29, 1.82) is 0 Å². The number of carbonyl (C=O) groups is 2. The first-order valence-electron chi connectivity index (χ1n) is 7.70. The van der Waals surface area contributed by atoms with Crippen LogP contribution in [0.3, 0.4) is 0 Å². The topological polar surface area (TPSA) is 75.4 Å². The Kier molecular flexibility index (Phi) is 4.14. The van der Waals surface area contributed by atoms with Crippen molar-refractivity contribution in [2.24, 2.45) is 5.92 Å². The third-order valence-electron chi connectivity index (χ3n) is 3.99. The van der Waals surface area contributed by atoms with Crippen LogP contribution >= 0.6 is 0 Å². The lowest BCUT2D eigenvalue weighted by Gasteiger charge is -2.23. The Labute approximate surface area is 134 Å². The van der Waals surface area contributed by atoms with Crippen LogP contribution in [0.2, 0.25) is 0 Å². The van der Waals surface area contributed by atoms with E-state index in [4.69, 9.17) is 5.11 Å². The van der Waals surface area contributed by atoms with Crippen molar-refractivity contribution in [3.05, 3.63) is 48.3 Å². The number of hydrogen-bond donors (Lipinski definition) is 1. The van der Waals surface area contributed by atoms with Gasteiger partial charge in [-0.25, -0.2) is 4.68 Å². The number of carbonyl (C=O) groups excluding carboxylic acids is 1. The highest BCUT2D eigenvalue weighted by Gasteiger charge is 2.35. The van der Waals surface area contributed by atoms with Crippen molar-refractivity contribution in [2.75, 3.05) is 6.54 Å². The smallest absolute Gasteiger partial charge is 0.308 e. The molecule has 0 bridgehead atoms. The Morgan fingerprint density at radius 1 is 1.35 bits per heavy atom. The van der Waals surface area contributed by atoms with Crippen LogP contribution in [0, 0.1) is 5.92 Å². The minimum Gasteiger partial charge on any atom is -0.481 e. The van der Waals surface area contributed by atoms with Gasteiger partial charge in [0.1, 0.15) is 0 Å². The van der Waals surface area contributed by atoms with E-state index in [0.717, 1.165) is 18.5 Å². The summed E-state index contributed by atoms with van der Waals surface area (Å²) in [6, 6.07) is 9.71. The minimum absolute atomic E-state index is 0.150. The molecule has 1 aromatic heterocycles. The van der Waals surface area contributed by atoms with Crippen molar-refractivity contribution in [1.82, 2.24) is 14.7 Å². The Balaban J connectivity index is 1.78. The molecule has 1 atom stereocenters. The van der Waals surface area contributed by atoms with Crippen molar-refractivity contribution in [2.45, 2.75) is 25.8 Å². The van der Waals surface area contributed by atoms with Gasteiger partial charge in [0, 0.05) is 18.8 Å². The normalized spacial score (nSPS) is 15.2. The Bertz CT molecular complexity index is 707. The predicted octanol–water partition coefficient (Wildman–Crippen LogP) is 2.20. The van der Waals surface area contributed by atoms with E-state index in [1.807, 2.05) is 30.3 Å². The van der Waals surface area contributed by atoms with Crippen LogP contribution < -0.4 is 0 Å². The summed E-state index contributed by atoms with van der Waals surface area (Å²) < 4.78 is 1.65. The van der Waals surface area contributed by atoms with Gasteiger partial charge in [-0.3, -0.25) is 9.59 Å². The molecule has 1 aliphatic rings. The number of hydrogen-bond acceptors (Lipinski definition) is 3. The molecule has 1 saturated carbocycles. The number of amides is 1. The molecule has 0 radical (unpaired) electrons. The van der Waals surface area contributed by atoms with Crippen LogP contribution in [-0.4, -0.2) is 44.3 Å². The fourth-order valence-electron chi connectivity index (χ4n) is 2.48. The average Bonchev–Trinajstić information content (AvgIpc) is 3.28. The maximum atomic E-state index is 12.7. The molecule has 120 valence electrons. The number of benzene rings is 1. The van der Waals surface area contributed by atoms with Gasteiger partial charge in [0.15, 0.2) is 0 Å². The van der Waals surface area contributed by atoms with Gasteiger partial charge in [0.25, 0.3) is 5.91 Å².